The van der Waals surface area contributed by atoms with Crippen LogP contribution in [0.25, 0.3) is 16.9 Å². The molecule has 192 valence electrons. The number of nitrogens with one attached hydrogen (secondary N) is 1. The molecule has 2 amide bonds. The van der Waals surface area contributed by atoms with Crippen molar-refractivity contribution in [3.8, 4) is 16.9 Å². The van der Waals surface area contributed by atoms with E-state index in [1.165, 1.54) is 0 Å². The fourth-order valence-electron chi connectivity index (χ4n) is 5.04. The van der Waals surface area contributed by atoms with Gasteiger partial charge < -0.3 is 5.32 Å². The molecule has 7 heteroatoms. The van der Waals surface area contributed by atoms with Crippen molar-refractivity contribution in [2.45, 2.75) is 38.0 Å². The van der Waals surface area contributed by atoms with Crippen molar-refractivity contribution in [2.75, 3.05) is 17.2 Å². The van der Waals surface area contributed by atoms with Crippen LogP contribution in [0.15, 0.2) is 78.9 Å². The summed E-state index contributed by atoms with van der Waals surface area (Å²) in [6.07, 6.45) is 1.99. The predicted octanol–water partition coefficient (Wildman–Crippen LogP) is 5.60. The first kappa shape index (κ1) is 24.5. The summed E-state index contributed by atoms with van der Waals surface area (Å²) < 4.78 is 1.88. The maximum atomic E-state index is 13.8. The molecule has 1 aliphatic carbocycles. The number of carbonyl (C=O) groups is 2. The fourth-order valence-corrected chi connectivity index (χ4v) is 6.23. The number of nitrogens with zero attached hydrogens (tertiary/aromatic N) is 3. The van der Waals surface area contributed by atoms with Crippen molar-refractivity contribution in [1.29, 1.82) is 0 Å². The number of amides is 2. The largest absolute Gasteiger partial charge is 0.352 e. The molecule has 1 aliphatic heterocycles. The predicted molar refractivity (Wildman–Crippen MR) is 153 cm³/mol. The number of anilines is 1. The highest BCUT2D eigenvalue weighted by molar-refractivity contribution is 8.00. The monoisotopic (exact) mass is 522 g/mol. The molecular weight excluding hydrogens is 492 g/mol. The van der Waals surface area contributed by atoms with Crippen LogP contribution in [0.1, 0.15) is 40.3 Å². The van der Waals surface area contributed by atoms with Gasteiger partial charge in [0.2, 0.25) is 11.8 Å². The molecule has 1 saturated carbocycles. The lowest BCUT2D eigenvalue weighted by Crippen LogP contribution is -2.43. The molecule has 1 atom stereocenters. The third kappa shape index (κ3) is 4.74. The minimum Gasteiger partial charge on any atom is -0.352 e. The van der Waals surface area contributed by atoms with Gasteiger partial charge in [0.05, 0.1) is 22.4 Å². The molecule has 4 aromatic rings. The minimum absolute atomic E-state index is 0.0325. The van der Waals surface area contributed by atoms with Gasteiger partial charge in [-0.3, -0.25) is 14.5 Å². The van der Waals surface area contributed by atoms with Crippen molar-refractivity contribution >= 4 is 29.4 Å². The zero-order valence-electron chi connectivity index (χ0n) is 21.6. The van der Waals surface area contributed by atoms with Crippen LogP contribution >= 0.6 is 11.8 Å². The Kier molecular flexibility index (Phi) is 6.54. The summed E-state index contributed by atoms with van der Waals surface area (Å²) in [5, 5.41) is 8.11. The Labute approximate surface area is 227 Å². The van der Waals surface area contributed by atoms with Crippen molar-refractivity contribution in [1.82, 2.24) is 15.1 Å². The third-order valence-corrected chi connectivity index (χ3v) is 8.32. The van der Waals surface area contributed by atoms with Crippen LogP contribution in [0, 0.1) is 13.8 Å². The van der Waals surface area contributed by atoms with Crippen molar-refractivity contribution in [3.63, 3.8) is 0 Å². The molecule has 6 nitrogen and oxygen atoms in total. The summed E-state index contributed by atoms with van der Waals surface area (Å²) in [5.74, 6) is 0.716. The minimum atomic E-state index is -0.135. The normalized spacial score (nSPS) is 17.2. The number of hydrogen-bond acceptors (Lipinski definition) is 4. The molecule has 1 unspecified atom stereocenters. The summed E-state index contributed by atoms with van der Waals surface area (Å²) in [5.41, 5.74) is 6.97. The van der Waals surface area contributed by atoms with Crippen molar-refractivity contribution in [2.24, 2.45) is 0 Å². The second-order valence-electron chi connectivity index (χ2n) is 10.1. The number of hydrogen-bond donors (Lipinski definition) is 1. The van der Waals surface area contributed by atoms with E-state index < -0.39 is 0 Å². The van der Waals surface area contributed by atoms with E-state index in [-0.39, 0.29) is 35.4 Å². The average molecular weight is 523 g/mol. The lowest BCUT2D eigenvalue weighted by Gasteiger charge is -2.23. The van der Waals surface area contributed by atoms with Gasteiger partial charge in [-0.05, 0) is 43.9 Å². The Balaban J connectivity index is 1.62. The molecule has 3 aromatic carbocycles. The number of thioether (sulfide) groups is 1. The van der Waals surface area contributed by atoms with Crippen LogP contribution in [-0.2, 0) is 9.59 Å². The average Bonchev–Trinajstić information content (AvgIpc) is 3.67. The highest BCUT2D eigenvalue weighted by Gasteiger charge is 2.38. The van der Waals surface area contributed by atoms with Crippen LogP contribution < -0.4 is 10.2 Å². The summed E-state index contributed by atoms with van der Waals surface area (Å²) in [6.45, 7) is 4.09. The van der Waals surface area contributed by atoms with E-state index in [2.05, 4.69) is 48.6 Å². The number of benzene rings is 3. The van der Waals surface area contributed by atoms with E-state index >= 15 is 0 Å². The number of aryl methyl sites for hydroxylation is 2. The van der Waals surface area contributed by atoms with Gasteiger partial charge in [0, 0.05) is 17.2 Å². The van der Waals surface area contributed by atoms with E-state index in [1.54, 1.807) is 16.7 Å². The number of aromatic nitrogens is 2. The number of fused-ring (bicyclic) bond motifs is 1. The first-order valence-electron chi connectivity index (χ1n) is 13.0. The molecule has 0 spiro atoms. The van der Waals surface area contributed by atoms with Gasteiger partial charge in [0.25, 0.3) is 0 Å². The van der Waals surface area contributed by atoms with E-state index in [9.17, 15) is 9.59 Å². The number of carbonyl (C=O) groups excluding carboxylic acids is 2. The summed E-state index contributed by atoms with van der Waals surface area (Å²) in [6, 6.07) is 26.8. The van der Waals surface area contributed by atoms with Gasteiger partial charge in [-0.1, -0.05) is 78.4 Å². The summed E-state index contributed by atoms with van der Waals surface area (Å²) >= 11 is 1.60. The van der Waals surface area contributed by atoms with Crippen molar-refractivity contribution in [3.05, 3.63) is 101 Å². The zero-order valence-corrected chi connectivity index (χ0v) is 22.4. The molecule has 2 aliphatic rings. The number of para-hydroxylation sites is 1. The molecule has 1 N–H and O–H groups in total. The zero-order chi connectivity index (χ0) is 26.2. The standard InChI is InChI=1S/C31H30N4O2S/c1-20-9-8-13-23(17-20)30-28-29(22-11-4-3-5-12-22)33-35(25-14-7-6-10-21(25)2)31(28)34(27(37)19-38-30)18-26(36)32-24-15-16-24/h3-14,17,24,30H,15-16,18-19H2,1-2H3,(H,32,36). The first-order chi connectivity index (χ1) is 18.5. The van der Waals surface area contributed by atoms with Gasteiger partial charge in [-0.15, -0.1) is 11.8 Å². The van der Waals surface area contributed by atoms with E-state index in [4.69, 9.17) is 5.10 Å². The van der Waals surface area contributed by atoms with Crippen molar-refractivity contribution < 1.29 is 9.59 Å². The maximum Gasteiger partial charge on any atom is 0.240 e. The Bertz CT molecular complexity index is 1510. The quantitative estimate of drug-likeness (QED) is 0.358. The summed E-state index contributed by atoms with van der Waals surface area (Å²) in [4.78, 5) is 28.5. The fraction of sp³-hybridized carbons (Fsp3) is 0.258. The molecule has 1 aromatic heterocycles. The molecule has 2 heterocycles. The van der Waals surface area contributed by atoms with Gasteiger partial charge in [0.1, 0.15) is 12.4 Å². The SMILES string of the molecule is Cc1cccc(C2SCC(=O)N(CC(=O)NC3CC3)c3c2c(-c2ccccc2)nn3-c2ccccc2C)c1. The maximum absolute atomic E-state index is 13.8. The lowest BCUT2D eigenvalue weighted by atomic mass is 9.98. The summed E-state index contributed by atoms with van der Waals surface area (Å²) in [7, 11) is 0. The Hall–Kier alpha value is -3.84. The molecule has 38 heavy (non-hydrogen) atoms. The highest BCUT2D eigenvalue weighted by Crippen LogP contribution is 2.48. The van der Waals surface area contributed by atoms with Crippen LogP contribution in [0.3, 0.4) is 0 Å². The van der Waals surface area contributed by atoms with Gasteiger partial charge in [-0.25, -0.2) is 4.68 Å². The molecule has 0 radical (unpaired) electrons. The molecule has 1 fully saturated rings. The Morgan fingerprint density at radius 1 is 1.00 bits per heavy atom. The highest BCUT2D eigenvalue weighted by atomic mass is 32.2. The number of rotatable bonds is 6. The van der Waals surface area contributed by atoms with Gasteiger partial charge >= 0.3 is 0 Å². The van der Waals surface area contributed by atoms with E-state index in [1.807, 2.05) is 54.1 Å². The van der Waals surface area contributed by atoms with Gasteiger partial charge in [-0.2, -0.15) is 5.10 Å². The lowest BCUT2D eigenvalue weighted by molar-refractivity contribution is -0.123. The van der Waals surface area contributed by atoms with Gasteiger partial charge in [0.15, 0.2) is 0 Å². The molecule has 6 rings (SSSR count). The Morgan fingerprint density at radius 2 is 1.76 bits per heavy atom. The molecule has 0 saturated heterocycles. The first-order valence-corrected chi connectivity index (χ1v) is 14.1. The Morgan fingerprint density at radius 3 is 2.50 bits per heavy atom. The topological polar surface area (TPSA) is 67.2 Å². The van der Waals surface area contributed by atoms with Crippen LogP contribution in [0.2, 0.25) is 0 Å². The smallest absolute Gasteiger partial charge is 0.240 e. The third-order valence-electron chi connectivity index (χ3n) is 7.07. The van der Waals surface area contributed by atoms with Crippen LogP contribution in [-0.4, -0.2) is 39.9 Å². The molecule has 0 bridgehead atoms. The van der Waals surface area contributed by atoms with Crippen LogP contribution in [0.5, 0.6) is 0 Å². The second kappa shape index (κ2) is 10.1. The van der Waals surface area contributed by atoms with E-state index in [0.29, 0.717) is 5.82 Å². The van der Waals surface area contributed by atoms with Crippen LogP contribution in [0.4, 0.5) is 5.82 Å². The van der Waals surface area contributed by atoms with E-state index in [0.717, 1.165) is 52.0 Å². The second-order valence-corrected chi connectivity index (χ2v) is 11.2. The molecular formula is C31H30N4O2S.